The molecule has 0 fully saturated rings. The van der Waals surface area contributed by atoms with Crippen molar-refractivity contribution >= 4 is 142 Å². The zero-order chi connectivity index (χ0) is 0. The molecular weight excluding hydrogens is 192 g/mol. The SMILES string of the molecule is [CaH2].[KH].[MgH2].[NaH].[Zn]. The third-order valence-electron chi connectivity index (χ3n) is 0. The Morgan fingerprint density at radius 3 is 1.00 bits per heavy atom. The van der Waals surface area contributed by atoms with Crippen LogP contribution in [0.15, 0.2) is 0 Å². The summed E-state index contributed by atoms with van der Waals surface area (Å²) < 4.78 is 0. The number of rotatable bonds is 0. The first kappa shape index (κ1) is 31.7. The summed E-state index contributed by atoms with van der Waals surface area (Å²) in [4.78, 5) is 0. The third kappa shape index (κ3) is 17.6. The van der Waals surface area contributed by atoms with Crippen molar-refractivity contribution in [2.24, 2.45) is 0 Å². The molecule has 0 heterocycles. The van der Waals surface area contributed by atoms with Gasteiger partial charge in [0.15, 0.2) is 0 Å². The third-order valence-corrected chi connectivity index (χ3v) is 0. The monoisotopic (exact) mass is 196 g/mol. The van der Waals surface area contributed by atoms with E-state index >= 15 is 0 Å². The molecule has 0 aliphatic carbocycles. The summed E-state index contributed by atoms with van der Waals surface area (Å²) >= 11 is 0. The van der Waals surface area contributed by atoms with Gasteiger partial charge in [-0.15, -0.1) is 0 Å². The fraction of sp³-hybridized carbons (Fsp3) is 0. The van der Waals surface area contributed by atoms with Crippen LogP contribution in [0.5, 0.6) is 0 Å². The van der Waals surface area contributed by atoms with Gasteiger partial charge in [0.2, 0.25) is 0 Å². The maximum Gasteiger partial charge on any atom is 0 e. The second kappa shape index (κ2) is 22.8. The molecule has 0 spiro atoms. The molecular formula is H6CaKMgNaZn. The van der Waals surface area contributed by atoms with Crippen LogP contribution in [0.1, 0.15) is 0 Å². The molecule has 0 aliphatic heterocycles. The van der Waals surface area contributed by atoms with Gasteiger partial charge in [-0.05, 0) is 0 Å². The van der Waals surface area contributed by atoms with Gasteiger partial charge in [-0.25, -0.2) is 0 Å². The van der Waals surface area contributed by atoms with Crippen LogP contribution in [0.2, 0.25) is 0 Å². The standard InChI is InChI=1S/Ca.K.Mg.Na.Zn.6H. The van der Waals surface area contributed by atoms with Crippen LogP contribution in [0, 0.1) is 0 Å². The summed E-state index contributed by atoms with van der Waals surface area (Å²) in [5.74, 6) is 0. The van der Waals surface area contributed by atoms with Gasteiger partial charge in [-0.1, -0.05) is 0 Å². The molecule has 0 radical (unpaired) electrons. The minimum absolute atomic E-state index is 0. The zero-order valence-electron chi connectivity index (χ0n) is 0.707. The first-order valence-electron chi connectivity index (χ1n) is 0. The van der Waals surface area contributed by atoms with E-state index in [4.69, 9.17) is 0 Å². The average Bonchev–Trinajstić information content (AvgIpc) is 0. The summed E-state index contributed by atoms with van der Waals surface area (Å²) in [5.41, 5.74) is 0. The molecule has 0 aromatic carbocycles. The molecule has 5 heavy (non-hydrogen) atoms. The second-order valence-electron chi connectivity index (χ2n) is 0. The largest absolute Gasteiger partial charge is 0 e. The first-order valence-corrected chi connectivity index (χ1v) is 0. The Morgan fingerprint density at radius 1 is 1.00 bits per heavy atom. The van der Waals surface area contributed by atoms with Gasteiger partial charge in [0, 0.05) is 19.5 Å². The van der Waals surface area contributed by atoms with Gasteiger partial charge in [-0.2, -0.15) is 0 Å². The Hall–Kier alpha value is 5.29. The first-order chi connectivity index (χ1) is 0. The van der Waals surface area contributed by atoms with Gasteiger partial charge in [-0.3, -0.25) is 0 Å². The van der Waals surface area contributed by atoms with E-state index in [9.17, 15) is 0 Å². The molecule has 0 saturated heterocycles. The maximum atomic E-state index is 0. The molecule has 0 unspecified atom stereocenters. The van der Waals surface area contributed by atoms with Gasteiger partial charge in [0.05, 0.1) is 0 Å². The van der Waals surface area contributed by atoms with Crippen LogP contribution in [0.3, 0.4) is 0 Å². The molecule has 5 heteroatoms. The van der Waals surface area contributed by atoms with E-state index < -0.39 is 0 Å². The van der Waals surface area contributed by atoms with Gasteiger partial charge in [0.1, 0.15) is 0 Å². The molecule has 0 nitrogen and oxygen atoms in total. The summed E-state index contributed by atoms with van der Waals surface area (Å²) in [7, 11) is 0. The van der Waals surface area contributed by atoms with Gasteiger partial charge < -0.3 is 0 Å². The fourth-order valence-electron chi connectivity index (χ4n) is 0. The summed E-state index contributed by atoms with van der Waals surface area (Å²) in [6.45, 7) is 0. The molecule has 0 aromatic heterocycles. The van der Waals surface area contributed by atoms with E-state index in [1.54, 1.807) is 0 Å². The van der Waals surface area contributed by atoms with Crippen molar-refractivity contribution in [1.29, 1.82) is 0 Å². The van der Waals surface area contributed by atoms with Gasteiger partial charge in [0.25, 0.3) is 0 Å². The molecule has 0 N–H and O–H groups in total. The van der Waals surface area contributed by atoms with Crippen LogP contribution in [-0.2, 0) is 19.5 Å². The maximum absolute atomic E-state index is 0. The molecule has 0 amide bonds. The molecule has 0 bridgehead atoms. The van der Waals surface area contributed by atoms with E-state index in [1.165, 1.54) is 0 Å². The molecule has 0 aromatic rings. The predicted molar refractivity (Wildman–Crippen MR) is 31.4 cm³/mol. The van der Waals surface area contributed by atoms with Crippen molar-refractivity contribution < 1.29 is 19.5 Å². The van der Waals surface area contributed by atoms with Crippen molar-refractivity contribution in [3.63, 3.8) is 0 Å². The Kier molecular flexibility index (Phi) is 145. The Balaban J connectivity index is 0. The van der Waals surface area contributed by atoms with E-state index in [2.05, 4.69) is 0 Å². The minimum Gasteiger partial charge on any atom is 0 e. The summed E-state index contributed by atoms with van der Waals surface area (Å²) in [5, 5.41) is 0. The molecule has 14 valence electrons. The zero-order valence-corrected chi connectivity index (χ0v) is 3.67. The van der Waals surface area contributed by atoms with E-state index in [0.29, 0.717) is 0 Å². The van der Waals surface area contributed by atoms with Crippen LogP contribution >= 0.6 is 0 Å². The Bertz CT molecular complexity index is 11.6. The summed E-state index contributed by atoms with van der Waals surface area (Å²) in [6.07, 6.45) is 0. The number of hydrogen-bond acceptors (Lipinski definition) is 0. The molecule has 0 atom stereocenters. The van der Waals surface area contributed by atoms with E-state index in [-0.39, 0.29) is 161 Å². The normalized spacial score (nSPS) is 0. The molecule has 0 aliphatic rings. The van der Waals surface area contributed by atoms with Crippen LogP contribution in [-0.4, -0.2) is 142 Å². The second-order valence-corrected chi connectivity index (χ2v) is 0. The Labute approximate surface area is 156 Å². The molecule has 0 rings (SSSR count). The number of hydrogen-bond donors (Lipinski definition) is 0. The average molecular weight is 198 g/mol. The van der Waals surface area contributed by atoms with Crippen molar-refractivity contribution in [2.45, 2.75) is 0 Å². The summed E-state index contributed by atoms with van der Waals surface area (Å²) in [6, 6.07) is 0. The Morgan fingerprint density at radius 2 is 1.00 bits per heavy atom. The topological polar surface area (TPSA) is 0 Å². The van der Waals surface area contributed by atoms with Crippen molar-refractivity contribution in [2.75, 3.05) is 0 Å². The van der Waals surface area contributed by atoms with Crippen molar-refractivity contribution in [3.05, 3.63) is 0 Å². The van der Waals surface area contributed by atoms with Crippen LogP contribution < -0.4 is 0 Å². The predicted octanol–water partition coefficient (Wildman–Crippen LogP) is -3.13. The minimum atomic E-state index is 0. The fourth-order valence-corrected chi connectivity index (χ4v) is 0. The van der Waals surface area contributed by atoms with Gasteiger partial charge >= 0.3 is 142 Å². The van der Waals surface area contributed by atoms with E-state index in [1.807, 2.05) is 0 Å². The van der Waals surface area contributed by atoms with Crippen LogP contribution in [0.25, 0.3) is 0 Å². The van der Waals surface area contributed by atoms with Crippen molar-refractivity contribution in [3.8, 4) is 0 Å². The smallest absolute Gasteiger partial charge is 0 e. The van der Waals surface area contributed by atoms with E-state index in [0.717, 1.165) is 0 Å². The van der Waals surface area contributed by atoms with Crippen molar-refractivity contribution in [1.82, 2.24) is 0 Å². The molecule has 0 saturated carbocycles. The quantitative estimate of drug-likeness (QED) is 0.361. The van der Waals surface area contributed by atoms with Crippen LogP contribution in [0.4, 0.5) is 0 Å².